The predicted octanol–water partition coefficient (Wildman–Crippen LogP) is 3.43. The Morgan fingerprint density at radius 2 is 2.23 bits per heavy atom. The Morgan fingerprint density at radius 1 is 1.46 bits per heavy atom. The summed E-state index contributed by atoms with van der Waals surface area (Å²) in [5, 5.41) is 9.22. The summed E-state index contributed by atoms with van der Waals surface area (Å²) in [5.41, 5.74) is 1.43. The summed E-state index contributed by atoms with van der Waals surface area (Å²) in [7, 11) is 0. The molecule has 0 bridgehead atoms. The highest BCUT2D eigenvalue weighted by atomic mass is 14.5. The highest BCUT2D eigenvalue weighted by molar-refractivity contribution is 5.29. The fourth-order valence-corrected chi connectivity index (χ4v) is 2.83. The van der Waals surface area contributed by atoms with Crippen LogP contribution in [-0.4, -0.2) is 0 Å². The minimum atomic E-state index is -0.0279. The quantitative estimate of drug-likeness (QED) is 0.560. The van der Waals surface area contributed by atoms with Gasteiger partial charge in [0, 0.05) is 0 Å². The SMILES string of the molecule is CC1CC(C#N)(C2=CCCCC2)C1. The van der Waals surface area contributed by atoms with Gasteiger partial charge in [-0.3, -0.25) is 0 Å². The third kappa shape index (κ3) is 1.39. The zero-order valence-electron chi connectivity index (χ0n) is 8.34. The van der Waals surface area contributed by atoms with E-state index < -0.39 is 0 Å². The number of nitrogens with zero attached hydrogens (tertiary/aromatic N) is 1. The van der Waals surface area contributed by atoms with Crippen molar-refractivity contribution in [1.29, 1.82) is 5.26 Å². The van der Waals surface area contributed by atoms with E-state index in [4.69, 9.17) is 0 Å². The standard InChI is InChI=1S/C12H17N/c1-10-7-12(8-10,9-13)11-5-3-2-4-6-11/h5,10H,2-4,6-8H2,1H3. The van der Waals surface area contributed by atoms with Crippen molar-refractivity contribution in [2.24, 2.45) is 11.3 Å². The number of hydrogen-bond acceptors (Lipinski definition) is 1. The predicted molar refractivity (Wildman–Crippen MR) is 53.0 cm³/mol. The zero-order valence-corrected chi connectivity index (χ0v) is 8.34. The van der Waals surface area contributed by atoms with Gasteiger partial charge in [0.15, 0.2) is 0 Å². The Hall–Kier alpha value is -0.770. The molecule has 1 fully saturated rings. The van der Waals surface area contributed by atoms with Crippen molar-refractivity contribution in [1.82, 2.24) is 0 Å². The van der Waals surface area contributed by atoms with Crippen molar-refractivity contribution in [3.8, 4) is 6.07 Å². The smallest absolute Gasteiger partial charge is 0.0787 e. The van der Waals surface area contributed by atoms with Crippen LogP contribution in [-0.2, 0) is 0 Å². The molecule has 2 aliphatic rings. The Balaban J connectivity index is 2.14. The van der Waals surface area contributed by atoms with Crippen LogP contribution in [0.4, 0.5) is 0 Å². The molecule has 1 heteroatoms. The van der Waals surface area contributed by atoms with Crippen LogP contribution in [0.2, 0.25) is 0 Å². The Kier molecular flexibility index (Phi) is 2.15. The van der Waals surface area contributed by atoms with Crippen molar-refractivity contribution >= 4 is 0 Å². The van der Waals surface area contributed by atoms with Gasteiger partial charge < -0.3 is 0 Å². The summed E-state index contributed by atoms with van der Waals surface area (Å²) in [6, 6.07) is 2.55. The van der Waals surface area contributed by atoms with Crippen LogP contribution in [0.25, 0.3) is 0 Å². The normalized spacial score (nSPS) is 38.8. The topological polar surface area (TPSA) is 23.8 Å². The van der Waals surface area contributed by atoms with Crippen molar-refractivity contribution < 1.29 is 0 Å². The molecule has 0 spiro atoms. The third-order valence-corrected chi connectivity index (χ3v) is 3.51. The van der Waals surface area contributed by atoms with E-state index in [0.717, 1.165) is 18.8 Å². The van der Waals surface area contributed by atoms with Gasteiger partial charge in [-0.15, -0.1) is 0 Å². The summed E-state index contributed by atoms with van der Waals surface area (Å²) in [5.74, 6) is 0.766. The molecule has 13 heavy (non-hydrogen) atoms. The van der Waals surface area contributed by atoms with E-state index in [2.05, 4.69) is 19.1 Å². The van der Waals surface area contributed by atoms with Crippen LogP contribution < -0.4 is 0 Å². The van der Waals surface area contributed by atoms with E-state index in [9.17, 15) is 5.26 Å². The van der Waals surface area contributed by atoms with Gasteiger partial charge >= 0.3 is 0 Å². The molecule has 0 N–H and O–H groups in total. The lowest BCUT2D eigenvalue weighted by Gasteiger charge is -2.43. The van der Waals surface area contributed by atoms with Crippen molar-refractivity contribution in [3.63, 3.8) is 0 Å². The summed E-state index contributed by atoms with van der Waals surface area (Å²) in [4.78, 5) is 0. The summed E-state index contributed by atoms with van der Waals surface area (Å²) < 4.78 is 0. The van der Waals surface area contributed by atoms with Gasteiger partial charge in [-0.05, 0) is 44.4 Å². The molecule has 2 aliphatic carbocycles. The lowest BCUT2D eigenvalue weighted by atomic mass is 9.58. The molecule has 1 nitrogen and oxygen atoms in total. The first kappa shape index (κ1) is 8.81. The van der Waals surface area contributed by atoms with Crippen LogP contribution >= 0.6 is 0 Å². The lowest BCUT2D eigenvalue weighted by Crippen LogP contribution is -2.36. The molecule has 0 aliphatic heterocycles. The minimum Gasteiger partial charge on any atom is -0.197 e. The molecule has 0 atom stereocenters. The van der Waals surface area contributed by atoms with E-state index in [-0.39, 0.29) is 5.41 Å². The second-order valence-corrected chi connectivity index (χ2v) is 4.68. The third-order valence-electron chi connectivity index (χ3n) is 3.51. The summed E-state index contributed by atoms with van der Waals surface area (Å²) >= 11 is 0. The van der Waals surface area contributed by atoms with Crippen molar-refractivity contribution in [2.45, 2.75) is 45.4 Å². The number of allylic oxidation sites excluding steroid dienone is 2. The van der Waals surface area contributed by atoms with Crippen LogP contribution in [0.3, 0.4) is 0 Å². The number of hydrogen-bond donors (Lipinski definition) is 0. The molecule has 70 valence electrons. The van der Waals surface area contributed by atoms with E-state index in [1.54, 1.807) is 0 Å². The second-order valence-electron chi connectivity index (χ2n) is 4.68. The highest BCUT2D eigenvalue weighted by Gasteiger charge is 2.45. The van der Waals surface area contributed by atoms with Gasteiger partial charge in [0.1, 0.15) is 0 Å². The molecule has 0 aromatic rings. The Bertz CT molecular complexity index is 263. The Labute approximate surface area is 80.4 Å². The average molecular weight is 175 g/mol. The molecule has 0 aromatic carbocycles. The summed E-state index contributed by atoms with van der Waals surface area (Å²) in [6.45, 7) is 2.25. The second kappa shape index (κ2) is 3.18. The molecule has 0 amide bonds. The maximum atomic E-state index is 9.22. The first-order valence-corrected chi connectivity index (χ1v) is 5.38. The van der Waals surface area contributed by atoms with E-state index in [0.29, 0.717) is 0 Å². The molecule has 2 rings (SSSR count). The van der Waals surface area contributed by atoms with Gasteiger partial charge in [-0.2, -0.15) is 5.26 Å². The number of rotatable bonds is 1. The zero-order chi connectivity index (χ0) is 9.31. The number of nitriles is 1. The van der Waals surface area contributed by atoms with Crippen molar-refractivity contribution in [3.05, 3.63) is 11.6 Å². The van der Waals surface area contributed by atoms with Crippen LogP contribution in [0.5, 0.6) is 0 Å². The van der Waals surface area contributed by atoms with Crippen LogP contribution in [0.15, 0.2) is 11.6 Å². The monoisotopic (exact) mass is 175 g/mol. The molecule has 0 unspecified atom stereocenters. The summed E-state index contributed by atoms with van der Waals surface area (Å²) in [6.07, 6.45) is 9.54. The molecule has 0 saturated heterocycles. The molecule has 0 aromatic heterocycles. The van der Waals surface area contributed by atoms with E-state index >= 15 is 0 Å². The van der Waals surface area contributed by atoms with Gasteiger partial charge in [0.25, 0.3) is 0 Å². The largest absolute Gasteiger partial charge is 0.197 e. The molecular weight excluding hydrogens is 158 g/mol. The van der Waals surface area contributed by atoms with Gasteiger partial charge in [0.2, 0.25) is 0 Å². The highest BCUT2D eigenvalue weighted by Crippen LogP contribution is 2.52. The minimum absolute atomic E-state index is 0.0279. The van der Waals surface area contributed by atoms with Gasteiger partial charge in [-0.1, -0.05) is 18.6 Å². The van der Waals surface area contributed by atoms with Crippen LogP contribution in [0, 0.1) is 22.7 Å². The van der Waals surface area contributed by atoms with Gasteiger partial charge in [0.05, 0.1) is 11.5 Å². The van der Waals surface area contributed by atoms with E-state index in [1.165, 1.54) is 31.3 Å². The van der Waals surface area contributed by atoms with Crippen molar-refractivity contribution in [2.75, 3.05) is 0 Å². The fraction of sp³-hybridized carbons (Fsp3) is 0.750. The first-order valence-electron chi connectivity index (χ1n) is 5.38. The first-order chi connectivity index (χ1) is 6.27. The molecule has 0 radical (unpaired) electrons. The maximum Gasteiger partial charge on any atom is 0.0787 e. The van der Waals surface area contributed by atoms with Crippen LogP contribution in [0.1, 0.15) is 45.4 Å². The van der Waals surface area contributed by atoms with E-state index in [1.807, 2.05) is 0 Å². The van der Waals surface area contributed by atoms with Gasteiger partial charge in [-0.25, -0.2) is 0 Å². The average Bonchev–Trinajstić information content (AvgIpc) is 2.14. The molecule has 0 heterocycles. The lowest BCUT2D eigenvalue weighted by molar-refractivity contribution is 0.165. The maximum absolute atomic E-state index is 9.22. The molecule has 1 saturated carbocycles. The fourth-order valence-electron chi connectivity index (χ4n) is 2.83. The molecular formula is C12H17N. The Morgan fingerprint density at radius 3 is 2.69 bits per heavy atom.